The second kappa shape index (κ2) is 5.31. The third-order valence-electron chi connectivity index (χ3n) is 4.22. The Morgan fingerprint density at radius 1 is 1.29 bits per heavy atom. The SMILES string of the molecule is NC1C2CCCOC2C1NC(=O)c1cc(F)c(F)c(F)c1. The molecule has 0 aromatic heterocycles. The van der Waals surface area contributed by atoms with E-state index in [-0.39, 0.29) is 29.7 Å². The number of benzene rings is 1. The third kappa shape index (κ3) is 2.40. The Bertz CT molecular complexity index is 558. The Hall–Kier alpha value is -1.60. The zero-order chi connectivity index (χ0) is 15.1. The number of nitrogens with one attached hydrogen (secondary N) is 1. The molecule has 4 unspecified atom stereocenters. The van der Waals surface area contributed by atoms with Gasteiger partial charge in [0.05, 0.1) is 12.1 Å². The van der Waals surface area contributed by atoms with Gasteiger partial charge >= 0.3 is 0 Å². The molecular weight excluding hydrogens is 285 g/mol. The lowest BCUT2D eigenvalue weighted by molar-refractivity contribution is -0.117. The first-order valence-electron chi connectivity index (χ1n) is 6.81. The predicted octanol–water partition coefficient (Wildman–Crippen LogP) is 1.34. The highest BCUT2D eigenvalue weighted by atomic mass is 19.2. The Morgan fingerprint density at radius 2 is 1.95 bits per heavy atom. The second-order valence-electron chi connectivity index (χ2n) is 5.47. The van der Waals surface area contributed by atoms with E-state index in [2.05, 4.69) is 5.32 Å². The van der Waals surface area contributed by atoms with E-state index in [0.29, 0.717) is 18.7 Å². The Balaban J connectivity index is 1.72. The molecule has 4 nitrogen and oxygen atoms in total. The first-order chi connectivity index (χ1) is 9.99. The first kappa shape index (κ1) is 14.3. The van der Waals surface area contributed by atoms with Gasteiger partial charge < -0.3 is 15.8 Å². The van der Waals surface area contributed by atoms with Crippen LogP contribution in [0, 0.1) is 23.4 Å². The van der Waals surface area contributed by atoms with Gasteiger partial charge in [0.1, 0.15) is 0 Å². The number of rotatable bonds is 2. The molecule has 4 atom stereocenters. The molecule has 21 heavy (non-hydrogen) atoms. The number of amides is 1. The average Bonchev–Trinajstić information content (AvgIpc) is 2.49. The van der Waals surface area contributed by atoms with Crippen LogP contribution < -0.4 is 11.1 Å². The van der Waals surface area contributed by atoms with Crippen LogP contribution in [-0.2, 0) is 4.74 Å². The summed E-state index contributed by atoms with van der Waals surface area (Å²) in [7, 11) is 0. The fourth-order valence-corrected chi connectivity index (χ4v) is 3.05. The molecule has 1 aromatic carbocycles. The number of nitrogens with two attached hydrogens (primary N) is 1. The molecule has 1 aromatic rings. The summed E-state index contributed by atoms with van der Waals surface area (Å²) in [5.74, 6) is -4.89. The lowest BCUT2D eigenvalue weighted by atomic mass is 9.68. The van der Waals surface area contributed by atoms with Gasteiger partial charge in [0.15, 0.2) is 17.5 Å². The summed E-state index contributed by atoms with van der Waals surface area (Å²) in [6, 6.07) is 0.697. The van der Waals surface area contributed by atoms with E-state index in [1.54, 1.807) is 0 Å². The van der Waals surface area contributed by atoms with Crippen LogP contribution >= 0.6 is 0 Å². The van der Waals surface area contributed by atoms with E-state index in [9.17, 15) is 18.0 Å². The van der Waals surface area contributed by atoms with Gasteiger partial charge in [0, 0.05) is 24.1 Å². The van der Waals surface area contributed by atoms with Gasteiger partial charge in [-0.25, -0.2) is 13.2 Å². The van der Waals surface area contributed by atoms with Gasteiger partial charge in [-0.15, -0.1) is 0 Å². The predicted molar refractivity (Wildman–Crippen MR) is 68.0 cm³/mol. The number of carbonyl (C=O) groups excluding carboxylic acids is 1. The van der Waals surface area contributed by atoms with Crippen molar-refractivity contribution in [3.05, 3.63) is 35.1 Å². The quantitative estimate of drug-likeness (QED) is 0.810. The minimum atomic E-state index is -1.59. The van der Waals surface area contributed by atoms with Crippen LogP contribution in [0.3, 0.4) is 0 Å². The van der Waals surface area contributed by atoms with Gasteiger partial charge in [-0.05, 0) is 25.0 Å². The topological polar surface area (TPSA) is 64.3 Å². The van der Waals surface area contributed by atoms with E-state index in [0.717, 1.165) is 12.8 Å². The summed E-state index contributed by atoms with van der Waals surface area (Å²) < 4.78 is 44.7. The Labute approximate surface area is 119 Å². The number of halogens is 3. The maximum absolute atomic E-state index is 13.1. The van der Waals surface area contributed by atoms with Crippen LogP contribution in [0.15, 0.2) is 12.1 Å². The largest absolute Gasteiger partial charge is 0.376 e. The van der Waals surface area contributed by atoms with Gasteiger partial charge in [0.2, 0.25) is 0 Å². The fourth-order valence-electron chi connectivity index (χ4n) is 3.05. The Kier molecular flexibility index (Phi) is 3.62. The normalized spacial score (nSPS) is 31.2. The van der Waals surface area contributed by atoms with Crippen LogP contribution in [0.4, 0.5) is 13.2 Å². The standard InChI is InChI=1S/C14H15F3N2O2/c15-8-4-6(5-9(16)10(8)17)14(20)19-12-11(18)7-2-1-3-21-13(7)12/h4-5,7,11-13H,1-3,18H2,(H,19,20). The van der Waals surface area contributed by atoms with Crippen LogP contribution in [0.5, 0.6) is 0 Å². The monoisotopic (exact) mass is 300 g/mol. The zero-order valence-corrected chi connectivity index (χ0v) is 11.1. The summed E-state index contributed by atoms with van der Waals surface area (Å²) in [6.07, 6.45) is 1.72. The summed E-state index contributed by atoms with van der Waals surface area (Å²) >= 11 is 0. The number of fused-ring (bicyclic) bond motifs is 1. The molecule has 0 bridgehead atoms. The summed E-state index contributed by atoms with van der Waals surface area (Å²) in [5.41, 5.74) is 5.71. The van der Waals surface area contributed by atoms with E-state index in [1.165, 1.54) is 0 Å². The molecule has 3 rings (SSSR count). The molecule has 0 spiro atoms. The summed E-state index contributed by atoms with van der Waals surface area (Å²) in [4.78, 5) is 12.0. The molecule has 1 saturated carbocycles. The summed E-state index contributed by atoms with van der Waals surface area (Å²) in [6.45, 7) is 0.611. The highest BCUT2D eigenvalue weighted by Gasteiger charge is 2.51. The minimum Gasteiger partial charge on any atom is -0.376 e. The molecule has 1 saturated heterocycles. The number of ether oxygens (including phenoxy) is 1. The average molecular weight is 300 g/mol. The van der Waals surface area contributed by atoms with Crippen molar-refractivity contribution in [2.75, 3.05) is 6.61 Å². The van der Waals surface area contributed by atoms with Crippen LogP contribution in [0.25, 0.3) is 0 Å². The molecular formula is C14H15F3N2O2. The number of hydrogen-bond donors (Lipinski definition) is 2. The molecule has 2 fully saturated rings. The van der Waals surface area contributed by atoms with Crippen molar-refractivity contribution in [3.8, 4) is 0 Å². The van der Waals surface area contributed by atoms with E-state index >= 15 is 0 Å². The number of carbonyl (C=O) groups is 1. The van der Waals surface area contributed by atoms with Gasteiger partial charge in [-0.2, -0.15) is 0 Å². The minimum absolute atomic E-state index is 0.159. The maximum Gasteiger partial charge on any atom is 0.251 e. The molecule has 2 aliphatic rings. The van der Waals surface area contributed by atoms with E-state index in [4.69, 9.17) is 10.5 Å². The van der Waals surface area contributed by atoms with Crippen molar-refractivity contribution < 1.29 is 22.7 Å². The highest BCUT2D eigenvalue weighted by Crippen LogP contribution is 2.37. The van der Waals surface area contributed by atoms with Crippen LogP contribution in [0.2, 0.25) is 0 Å². The molecule has 0 radical (unpaired) electrons. The smallest absolute Gasteiger partial charge is 0.251 e. The van der Waals surface area contributed by atoms with Gasteiger partial charge in [-0.1, -0.05) is 0 Å². The maximum atomic E-state index is 13.1. The van der Waals surface area contributed by atoms with Crippen LogP contribution in [0.1, 0.15) is 23.2 Å². The lowest BCUT2D eigenvalue weighted by Crippen LogP contribution is -2.72. The molecule has 1 amide bonds. The van der Waals surface area contributed by atoms with Crippen molar-refractivity contribution in [1.29, 1.82) is 0 Å². The Morgan fingerprint density at radius 3 is 2.62 bits per heavy atom. The molecule has 1 aliphatic carbocycles. The third-order valence-corrected chi connectivity index (χ3v) is 4.22. The number of hydrogen-bond acceptors (Lipinski definition) is 3. The molecule has 3 N–H and O–H groups in total. The molecule has 7 heteroatoms. The van der Waals surface area contributed by atoms with Crippen molar-refractivity contribution in [2.45, 2.75) is 31.0 Å². The van der Waals surface area contributed by atoms with Crippen LogP contribution in [-0.4, -0.2) is 30.7 Å². The van der Waals surface area contributed by atoms with Gasteiger partial charge in [-0.3, -0.25) is 4.79 Å². The summed E-state index contributed by atoms with van der Waals surface area (Å²) in [5, 5.41) is 2.61. The van der Waals surface area contributed by atoms with Crippen molar-refractivity contribution in [1.82, 2.24) is 5.32 Å². The fraction of sp³-hybridized carbons (Fsp3) is 0.500. The molecule has 1 heterocycles. The van der Waals surface area contributed by atoms with Crippen molar-refractivity contribution >= 4 is 5.91 Å². The molecule has 114 valence electrons. The second-order valence-corrected chi connectivity index (χ2v) is 5.47. The van der Waals surface area contributed by atoms with Crippen molar-refractivity contribution in [2.24, 2.45) is 11.7 Å². The zero-order valence-electron chi connectivity index (χ0n) is 11.1. The van der Waals surface area contributed by atoms with E-state index < -0.39 is 23.4 Å². The van der Waals surface area contributed by atoms with E-state index in [1.807, 2.05) is 0 Å². The van der Waals surface area contributed by atoms with Crippen molar-refractivity contribution in [3.63, 3.8) is 0 Å². The lowest BCUT2D eigenvalue weighted by Gasteiger charge is -2.52. The highest BCUT2D eigenvalue weighted by molar-refractivity contribution is 5.94. The molecule has 1 aliphatic heterocycles. The first-order valence-corrected chi connectivity index (χ1v) is 6.81. The van der Waals surface area contributed by atoms with Gasteiger partial charge in [0.25, 0.3) is 5.91 Å².